The van der Waals surface area contributed by atoms with Crippen molar-refractivity contribution in [3.8, 4) is 6.07 Å². The van der Waals surface area contributed by atoms with E-state index in [-0.39, 0.29) is 0 Å². The fourth-order valence-electron chi connectivity index (χ4n) is 2.01. The molecule has 21 heavy (non-hydrogen) atoms. The van der Waals surface area contributed by atoms with Gasteiger partial charge in [-0.25, -0.2) is 4.98 Å². The minimum absolute atomic E-state index is 0.587. The van der Waals surface area contributed by atoms with Gasteiger partial charge in [0.1, 0.15) is 16.7 Å². The standard InChI is InChI=1S/C15H13N5S/c1-2-17-15-19-13(11-7-8-21-14(11)20-15)18-12-6-4-3-5-10(12)9-16/h3-8H,2H2,1H3,(H2,17,18,19,20). The van der Waals surface area contributed by atoms with Gasteiger partial charge in [-0.3, -0.25) is 0 Å². The van der Waals surface area contributed by atoms with Crippen LogP contribution in [0.1, 0.15) is 12.5 Å². The van der Waals surface area contributed by atoms with Crippen molar-refractivity contribution in [3.05, 3.63) is 41.3 Å². The average Bonchev–Trinajstić information content (AvgIpc) is 2.97. The Bertz CT molecular complexity index is 818. The molecule has 0 aliphatic carbocycles. The first-order valence-electron chi connectivity index (χ1n) is 6.57. The first kappa shape index (κ1) is 13.3. The second-order valence-electron chi connectivity index (χ2n) is 4.35. The summed E-state index contributed by atoms with van der Waals surface area (Å²) >= 11 is 1.57. The highest BCUT2D eigenvalue weighted by molar-refractivity contribution is 7.16. The van der Waals surface area contributed by atoms with Crippen molar-refractivity contribution in [1.29, 1.82) is 5.26 Å². The Labute approximate surface area is 126 Å². The van der Waals surface area contributed by atoms with Crippen LogP contribution in [0.25, 0.3) is 10.2 Å². The van der Waals surface area contributed by atoms with E-state index >= 15 is 0 Å². The minimum Gasteiger partial charge on any atom is -0.354 e. The summed E-state index contributed by atoms with van der Waals surface area (Å²) in [5, 5.41) is 18.5. The minimum atomic E-state index is 0.587. The van der Waals surface area contributed by atoms with E-state index in [9.17, 15) is 5.26 Å². The van der Waals surface area contributed by atoms with Gasteiger partial charge in [0.15, 0.2) is 0 Å². The SMILES string of the molecule is CCNc1nc(Nc2ccccc2C#N)c2ccsc2n1. The van der Waals surface area contributed by atoms with Crippen LogP contribution in [0.3, 0.4) is 0 Å². The lowest BCUT2D eigenvalue weighted by Crippen LogP contribution is -2.04. The summed E-state index contributed by atoms with van der Waals surface area (Å²) in [6.07, 6.45) is 0. The van der Waals surface area contributed by atoms with Crippen molar-refractivity contribution in [2.45, 2.75) is 6.92 Å². The van der Waals surface area contributed by atoms with E-state index in [1.807, 2.05) is 36.6 Å². The monoisotopic (exact) mass is 295 g/mol. The number of para-hydroxylation sites is 1. The molecule has 6 heteroatoms. The normalized spacial score (nSPS) is 10.3. The molecule has 0 atom stereocenters. The molecule has 5 nitrogen and oxygen atoms in total. The van der Waals surface area contributed by atoms with E-state index in [0.717, 1.165) is 22.4 Å². The van der Waals surface area contributed by atoms with Crippen molar-refractivity contribution < 1.29 is 0 Å². The van der Waals surface area contributed by atoms with Crippen molar-refractivity contribution in [2.24, 2.45) is 0 Å². The van der Waals surface area contributed by atoms with Gasteiger partial charge in [-0.1, -0.05) is 12.1 Å². The molecule has 0 aliphatic rings. The van der Waals surface area contributed by atoms with Crippen LogP contribution < -0.4 is 10.6 Å². The molecule has 0 fully saturated rings. The highest BCUT2D eigenvalue weighted by Gasteiger charge is 2.10. The van der Waals surface area contributed by atoms with Gasteiger partial charge in [0.2, 0.25) is 5.95 Å². The molecule has 0 aliphatic heterocycles. The Morgan fingerprint density at radius 1 is 1.24 bits per heavy atom. The lowest BCUT2D eigenvalue weighted by atomic mass is 10.2. The molecule has 3 rings (SSSR count). The number of fused-ring (bicyclic) bond motifs is 1. The summed E-state index contributed by atoms with van der Waals surface area (Å²) in [5.41, 5.74) is 1.33. The fourth-order valence-corrected chi connectivity index (χ4v) is 2.77. The maximum atomic E-state index is 9.18. The Kier molecular flexibility index (Phi) is 3.67. The third-order valence-electron chi connectivity index (χ3n) is 2.96. The molecule has 0 saturated carbocycles. The molecule has 0 spiro atoms. The van der Waals surface area contributed by atoms with Gasteiger partial charge in [-0.15, -0.1) is 11.3 Å². The Morgan fingerprint density at radius 2 is 2.10 bits per heavy atom. The fraction of sp³-hybridized carbons (Fsp3) is 0.133. The van der Waals surface area contributed by atoms with Crippen LogP contribution in [0.4, 0.5) is 17.5 Å². The van der Waals surface area contributed by atoms with Crippen LogP contribution in [0.15, 0.2) is 35.7 Å². The Hall–Kier alpha value is -2.65. The summed E-state index contributed by atoms with van der Waals surface area (Å²) in [5.74, 6) is 1.30. The van der Waals surface area contributed by atoms with E-state index < -0.39 is 0 Å². The first-order valence-corrected chi connectivity index (χ1v) is 7.45. The van der Waals surface area contributed by atoms with Crippen LogP contribution in [0, 0.1) is 11.3 Å². The molecule has 0 bridgehead atoms. The smallest absolute Gasteiger partial charge is 0.226 e. The molecule has 0 unspecified atom stereocenters. The molecule has 2 heterocycles. The Balaban J connectivity index is 2.07. The second kappa shape index (κ2) is 5.77. The van der Waals surface area contributed by atoms with Crippen molar-refractivity contribution >= 4 is 39.0 Å². The van der Waals surface area contributed by atoms with Crippen LogP contribution in [0.2, 0.25) is 0 Å². The number of aromatic nitrogens is 2. The summed E-state index contributed by atoms with van der Waals surface area (Å²) in [4.78, 5) is 9.87. The van der Waals surface area contributed by atoms with Crippen LogP contribution in [-0.2, 0) is 0 Å². The number of nitrogens with zero attached hydrogens (tertiary/aromatic N) is 3. The van der Waals surface area contributed by atoms with Gasteiger partial charge in [-0.05, 0) is 30.5 Å². The number of rotatable bonds is 4. The molecular formula is C15H13N5S. The molecule has 1 aromatic carbocycles. The first-order chi connectivity index (χ1) is 10.3. The molecule has 0 radical (unpaired) electrons. The van der Waals surface area contributed by atoms with E-state index in [0.29, 0.717) is 17.3 Å². The van der Waals surface area contributed by atoms with Crippen LogP contribution in [-0.4, -0.2) is 16.5 Å². The molecule has 0 saturated heterocycles. The maximum Gasteiger partial charge on any atom is 0.226 e. The van der Waals surface area contributed by atoms with Gasteiger partial charge in [0.05, 0.1) is 16.6 Å². The maximum absolute atomic E-state index is 9.18. The zero-order valence-corrected chi connectivity index (χ0v) is 12.2. The third-order valence-corrected chi connectivity index (χ3v) is 3.77. The molecule has 2 aromatic heterocycles. The number of nitriles is 1. The molecular weight excluding hydrogens is 282 g/mol. The highest BCUT2D eigenvalue weighted by atomic mass is 32.1. The lowest BCUT2D eigenvalue weighted by Gasteiger charge is -2.10. The number of nitrogens with one attached hydrogen (secondary N) is 2. The average molecular weight is 295 g/mol. The van der Waals surface area contributed by atoms with Crippen LogP contribution >= 0.6 is 11.3 Å². The van der Waals surface area contributed by atoms with Gasteiger partial charge in [-0.2, -0.15) is 10.2 Å². The summed E-state index contributed by atoms with van der Waals surface area (Å²) in [6, 6.07) is 11.5. The van der Waals surface area contributed by atoms with E-state index in [2.05, 4.69) is 26.7 Å². The van der Waals surface area contributed by atoms with Crippen molar-refractivity contribution in [1.82, 2.24) is 9.97 Å². The second-order valence-corrected chi connectivity index (χ2v) is 5.24. The quantitative estimate of drug-likeness (QED) is 0.767. The molecule has 0 amide bonds. The largest absolute Gasteiger partial charge is 0.354 e. The number of hydrogen-bond donors (Lipinski definition) is 2. The third kappa shape index (κ3) is 2.64. The zero-order chi connectivity index (χ0) is 14.7. The Morgan fingerprint density at radius 3 is 2.90 bits per heavy atom. The molecule has 3 aromatic rings. The summed E-state index contributed by atoms with van der Waals surface area (Å²) < 4.78 is 0. The number of hydrogen-bond acceptors (Lipinski definition) is 6. The number of anilines is 3. The van der Waals surface area contributed by atoms with Crippen molar-refractivity contribution in [2.75, 3.05) is 17.2 Å². The predicted molar refractivity (Wildman–Crippen MR) is 86.0 cm³/mol. The van der Waals surface area contributed by atoms with Gasteiger partial charge in [0.25, 0.3) is 0 Å². The van der Waals surface area contributed by atoms with Gasteiger partial charge in [0, 0.05) is 6.54 Å². The highest BCUT2D eigenvalue weighted by Crippen LogP contribution is 2.29. The van der Waals surface area contributed by atoms with E-state index in [4.69, 9.17) is 0 Å². The lowest BCUT2D eigenvalue weighted by molar-refractivity contribution is 1.11. The molecule has 2 N–H and O–H groups in total. The van der Waals surface area contributed by atoms with Gasteiger partial charge < -0.3 is 10.6 Å². The topological polar surface area (TPSA) is 73.6 Å². The number of benzene rings is 1. The molecule has 104 valence electrons. The van der Waals surface area contributed by atoms with Crippen molar-refractivity contribution in [3.63, 3.8) is 0 Å². The summed E-state index contributed by atoms with van der Waals surface area (Å²) in [7, 11) is 0. The van der Waals surface area contributed by atoms with Gasteiger partial charge >= 0.3 is 0 Å². The zero-order valence-electron chi connectivity index (χ0n) is 11.4. The summed E-state index contributed by atoms with van der Waals surface area (Å²) in [6.45, 7) is 2.76. The predicted octanol–water partition coefficient (Wildman–Crippen LogP) is 3.74. The number of thiophene rings is 1. The van der Waals surface area contributed by atoms with Crippen LogP contribution in [0.5, 0.6) is 0 Å². The van der Waals surface area contributed by atoms with E-state index in [1.54, 1.807) is 17.4 Å². The van der Waals surface area contributed by atoms with E-state index in [1.165, 1.54) is 0 Å².